The van der Waals surface area contributed by atoms with Gasteiger partial charge in [-0.3, -0.25) is 0 Å². The van der Waals surface area contributed by atoms with Crippen molar-refractivity contribution in [2.75, 3.05) is 0 Å². The minimum absolute atomic E-state index is 0.101. The van der Waals surface area contributed by atoms with Gasteiger partial charge in [0.1, 0.15) is 0 Å². The van der Waals surface area contributed by atoms with E-state index < -0.39 is 0 Å². The second-order valence-electron chi connectivity index (χ2n) is 2.25. The lowest BCUT2D eigenvalue weighted by molar-refractivity contribution is 0.541. The van der Waals surface area contributed by atoms with Gasteiger partial charge in [0.25, 0.3) is 0 Å². The van der Waals surface area contributed by atoms with Gasteiger partial charge >= 0.3 is 0 Å². The molecule has 2 nitrogen and oxygen atoms in total. The van der Waals surface area contributed by atoms with E-state index in [4.69, 9.17) is 11.5 Å². The molecule has 0 aromatic rings. The van der Waals surface area contributed by atoms with Crippen molar-refractivity contribution in [1.82, 2.24) is 0 Å². The van der Waals surface area contributed by atoms with E-state index >= 15 is 0 Å². The Hall–Kier alpha value is -0.340. The van der Waals surface area contributed by atoms with E-state index in [0.717, 1.165) is 12.8 Å². The summed E-state index contributed by atoms with van der Waals surface area (Å²) in [6.45, 7) is 0. The van der Waals surface area contributed by atoms with Crippen molar-refractivity contribution in [1.29, 1.82) is 0 Å². The van der Waals surface area contributed by atoms with Gasteiger partial charge in [0, 0.05) is 12.1 Å². The summed E-state index contributed by atoms with van der Waals surface area (Å²) in [6.07, 6.45) is 6.20. The van der Waals surface area contributed by atoms with E-state index in [1.54, 1.807) is 0 Å². The second-order valence-corrected chi connectivity index (χ2v) is 2.25. The summed E-state index contributed by atoms with van der Waals surface area (Å²) in [6, 6.07) is 0.295. The van der Waals surface area contributed by atoms with Crippen molar-refractivity contribution >= 4 is 0 Å². The molecule has 0 aromatic carbocycles. The fourth-order valence-electron chi connectivity index (χ4n) is 0.877. The van der Waals surface area contributed by atoms with Crippen molar-refractivity contribution < 1.29 is 0 Å². The first-order valence-corrected chi connectivity index (χ1v) is 2.98. The third-order valence-electron chi connectivity index (χ3n) is 1.52. The fraction of sp³-hybridized carbons (Fsp3) is 0.667. The molecular weight excluding hydrogens is 100 g/mol. The minimum atomic E-state index is 0.101. The molecule has 0 bridgehead atoms. The van der Waals surface area contributed by atoms with E-state index in [2.05, 4.69) is 6.08 Å². The SMILES string of the molecule is NC1C=CCCC1N. The van der Waals surface area contributed by atoms with E-state index in [1.807, 2.05) is 6.08 Å². The predicted molar refractivity (Wildman–Crippen MR) is 34.3 cm³/mol. The van der Waals surface area contributed by atoms with Crippen molar-refractivity contribution in [2.24, 2.45) is 11.5 Å². The fourth-order valence-corrected chi connectivity index (χ4v) is 0.877. The normalized spacial score (nSPS) is 37.8. The van der Waals surface area contributed by atoms with Crippen LogP contribution in [0.3, 0.4) is 0 Å². The first-order chi connectivity index (χ1) is 3.80. The van der Waals surface area contributed by atoms with E-state index in [1.165, 1.54) is 0 Å². The molecule has 0 saturated heterocycles. The lowest BCUT2D eigenvalue weighted by Gasteiger charge is -2.19. The molecule has 1 rings (SSSR count). The Bertz CT molecular complexity index is 98.7. The minimum Gasteiger partial charge on any atom is -0.326 e. The lowest BCUT2D eigenvalue weighted by Crippen LogP contribution is -2.41. The number of allylic oxidation sites excluding steroid dienone is 1. The number of nitrogens with two attached hydrogens (primary N) is 2. The first-order valence-electron chi connectivity index (χ1n) is 2.98. The van der Waals surface area contributed by atoms with Crippen LogP contribution in [-0.4, -0.2) is 12.1 Å². The topological polar surface area (TPSA) is 52.0 Å². The Balaban J connectivity index is 2.47. The molecule has 0 fully saturated rings. The summed E-state index contributed by atoms with van der Waals surface area (Å²) in [7, 11) is 0. The Morgan fingerprint density at radius 2 is 2.12 bits per heavy atom. The Kier molecular flexibility index (Phi) is 1.65. The van der Waals surface area contributed by atoms with E-state index in [0.29, 0.717) is 0 Å². The molecule has 1 aliphatic rings. The van der Waals surface area contributed by atoms with Crippen LogP contribution < -0.4 is 11.5 Å². The Morgan fingerprint density at radius 3 is 2.50 bits per heavy atom. The maximum absolute atomic E-state index is 5.60. The first kappa shape index (κ1) is 5.79. The standard InChI is InChI=1S/C6H12N2/c7-5-3-1-2-4-6(5)8/h1,3,5-6H,2,4,7-8H2. The van der Waals surface area contributed by atoms with Gasteiger partial charge in [-0.1, -0.05) is 12.2 Å². The van der Waals surface area contributed by atoms with Crippen LogP contribution in [-0.2, 0) is 0 Å². The molecule has 0 spiro atoms. The van der Waals surface area contributed by atoms with Crippen molar-refractivity contribution in [2.45, 2.75) is 24.9 Å². The average molecular weight is 112 g/mol. The molecule has 46 valence electrons. The maximum Gasteiger partial charge on any atom is 0.0378 e. The number of hydrogen-bond donors (Lipinski definition) is 2. The maximum atomic E-state index is 5.60. The quantitative estimate of drug-likeness (QED) is 0.433. The smallest absolute Gasteiger partial charge is 0.0378 e. The van der Waals surface area contributed by atoms with Crippen molar-refractivity contribution in [3.05, 3.63) is 12.2 Å². The molecule has 0 aromatic heterocycles. The number of rotatable bonds is 0. The van der Waals surface area contributed by atoms with Gasteiger partial charge in [-0.25, -0.2) is 0 Å². The highest BCUT2D eigenvalue weighted by molar-refractivity contribution is 5.01. The molecule has 0 aliphatic heterocycles. The van der Waals surface area contributed by atoms with Gasteiger partial charge in [0.2, 0.25) is 0 Å². The molecule has 4 N–H and O–H groups in total. The Labute approximate surface area is 49.5 Å². The van der Waals surface area contributed by atoms with Crippen LogP contribution in [0, 0.1) is 0 Å². The highest BCUT2D eigenvalue weighted by Gasteiger charge is 2.11. The zero-order valence-electron chi connectivity index (χ0n) is 4.88. The monoisotopic (exact) mass is 112 g/mol. The largest absolute Gasteiger partial charge is 0.326 e. The third-order valence-corrected chi connectivity index (χ3v) is 1.52. The molecule has 0 radical (unpaired) electrons. The van der Waals surface area contributed by atoms with Crippen LogP contribution in [0.4, 0.5) is 0 Å². The van der Waals surface area contributed by atoms with Crippen LogP contribution in [0.1, 0.15) is 12.8 Å². The zero-order valence-corrected chi connectivity index (χ0v) is 4.88. The van der Waals surface area contributed by atoms with Crippen molar-refractivity contribution in [3.8, 4) is 0 Å². The van der Waals surface area contributed by atoms with Crippen LogP contribution in [0.25, 0.3) is 0 Å². The van der Waals surface area contributed by atoms with Crippen molar-refractivity contribution in [3.63, 3.8) is 0 Å². The average Bonchev–Trinajstić information content (AvgIpc) is 1.77. The van der Waals surface area contributed by atoms with Gasteiger partial charge in [-0.2, -0.15) is 0 Å². The van der Waals surface area contributed by atoms with Gasteiger partial charge in [-0.05, 0) is 12.8 Å². The molecule has 0 heterocycles. The molecule has 2 unspecified atom stereocenters. The van der Waals surface area contributed by atoms with E-state index in [9.17, 15) is 0 Å². The van der Waals surface area contributed by atoms with E-state index in [-0.39, 0.29) is 12.1 Å². The third kappa shape index (κ3) is 1.08. The summed E-state index contributed by atoms with van der Waals surface area (Å²) in [4.78, 5) is 0. The zero-order chi connectivity index (χ0) is 5.98. The summed E-state index contributed by atoms with van der Waals surface area (Å²) in [5, 5.41) is 0. The Morgan fingerprint density at radius 1 is 1.38 bits per heavy atom. The molecule has 2 atom stereocenters. The van der Waals surface area contributed by atoms with Gasteiger partial charge in [0.15, 0.2) is 0 Å². The highest BCUT2D eigenvalue weighted by Crippen LogP contribution is 2.06. The molecular formula is C6H12N2. The molecule has 2 heteroatoms. The lowest BCUT2D eigenvalue weighted by atomic mass is 9.99. The highest BCUT2D eigenvalue weighted by atomic mass is 14.8. The van der Waals surface area contributed by atoms with Crippen LogP contribution in [0.15, 0.2) is 12.2 Å². The molecule has 8 heavy (non-hydrogen) atoms. The van der Waals surface area contributed by atoms with Gasteiger partial charge < -0.3 is 11.5 Å². The summed E-state index contributed by atoms with van der Waals surface area (Å²) >= 11 is 0. The summed E-state index contributed by atoms with van der Waals surface area (Å²) in [5.41, 5.74) is 11.2. The summed E-state index contributed by atoms with van der Waals surface area (Å²) in [5.74, 6) is 0. The predicted octanol–water partition coefficient (Wildman–Crippen LogP) is -0.00900. The van der Waals surface area contributed by atoms with Gasteiger partial charge in [-0.15, -0.1) is 0 Å². The van der Waals surface area contributed by atoms with Crippen LogP contribution in [0.2, 0.25) is 0 Å². The second kappa shape index (κ2) is 2.29. The molecule has 0 saturated carbocycles. The van der Waals surface area contributed by atoms with Crippen LogP contribution in [0.5, 0.6) is 0 Å². The summed E-state index contributed by atoms with van der Waals surface area (Å²) < 4.78 is 0. The molecule has 1 aliphatic carbocycles. The number of hydrogen-bond acceptors (Lipinski definition) is 2. The van der Waals surface area contributed by atoms with Crippen LogP contribution >= 0.6 is 0 Å². The van der Waals surface area contributed by atoms with Gasteiger partial charge in [0.05, 0.1) is 0 Å². The molecule has 0 amide bonds.